The number of nitrogens with zero attached hydrogens (tertiary/aromatic N) is 2. The molecule has 2 aromatic carbocycles. The molecule has 0 fully saturated rings. The van der Waals surface area contributed by atoms with Crippen LogP contribution in [0.4, 0.5) is 4.79 Å². The zero-order valence-corrected chi connectivity index (χ0v) is 14.9. The highest BCUT2D eigenvalue weighted by atomic mass is 16.3. The first-order valence-corrected chi connectivity index (χ1v) is 8.99. The van der Waals surface area contributed by atoms with E-state index < -0.39 is 0 Å². The molecule has 3 aromatic rings. The Hall–Kier alpha value is -3.25. The van der Waals surface area contributed by atoms with E-state index in [0.29, 0.717) is 13.2 Å². The number of fused-ring (bicyclic) bond motifs is 1. The van der Waals surface area contributed by atoms with Crippen LogP contribution in [0, 0.1) is 0 Å². The average Bonchev–Trinajstić information content (AvgIpc) is 3.35. The second-order valence-corrected chi connectivity index (χ2v) is 6.48. The van der Waals surface area contributed by atoms with Crippen molar-refractivity contribution in [2.75, 3.05) is 19.8 Å². The summed E-state index contributed by atoms with van der Waals surface area (Å²) in [6.07, 6.45) is 5.99. The lowest BCUT2D eigenvalue weighted by molar-refractivity contribution is 0.206. The van der Waals surface area contributed by atoms with Crippen LogP contribution in [0.15, 0.2) is 72.8 Å². The first-order chi connectivity index (χ1) is 13.3. The third-order valence-electron chi connectivity index (χ3n) is 4.69. The van der Waals surface area contributed by atoms with Gasteiger partial charge < -0.3 is 20.3 Å². The molecular formula is C21H22N4O2. The Balaban J connectivity index is 1.54. The molecule has 2 amide bonds. The number of aliphatic hydroxyl groups excluding tert-OH is 1. The molecule has 0 saturated heterocycles. The third kappa shape index (κ3) is 3.52. The van der Waals surface area contributed by atoms with Crippen molar-refractivity contribution >= 4 is 16.8 Å². The lowest BCUT2D eigenvalue weighted by atomic mass is 10.0. The van der Waals surface area contributed by atoms with E-state index in [0.717, 1.165) is 11.3 Å². The maximum absolute atomic E-state index is 12.2. The van der Waals surface area contributed by atoms with Gasteiger partial charge in [0.2, 0.25) is 0 Å². The molecule has 3 N–H and O–H groups in total. The summed E-state index contributed by atoms with van der Waals surface area (Å²) in [5.74, 6) is 0. The molecule has 0 unspecified atom stereocenters. The standard InChI is InChI=1S/C21H22N4O2/c26-11-9-23-21(27)25-15-22-12-18(25)14-24-10-8-17(13-24)20-7-3-5-16-4-1-2-6-19(16)20/h1-8,10,12-13,22,26H,9,11,14-15H2,(H,23,27). The highest BCUT2D eigenvalue weighted by molar-refractivity contribution is 5.96. The molecule has 0 atom stereocenters. The van der Waals surface area contributed by atoms with Crippen LogP contribution in [0.25, 0.3) is 21.9 Å². The van der Waals surface area contributed by atoms with Gasteiger partial charge in [0.1, 0.15) is 0 Å². The topological polar surface area (TPSA) is 69.5 Å². The van der Waals surface area contributed by atoms with E-state index in [2.05, 4.69) is 63.9 Å². The average molecular weight is 362 g/mol. The Labute approximate surface area is 157 Å². The van der Waals surface area contributed by atoms with Crippen molar-refractivity contribution in [2.24, 2.45) is 0 Å². The monoisotopic (exact) mass is 362 g/mol. The first kappa shape index (κ1) is 17.2. The van der Waals surface area contributed by atoms with E-state index >= 15 is 0 Å². The summed E-state index contributed by atoms with van der Waals surface area (Å²) >= 11 is 0. The van der Waals surface area contributed by atoms with Crippen molar-refractivity contribution in [3.05, 3.63) is 72.8 Å². The number of allylic oxidation sites excluding steroid dienone is 1. The van der Waals surface area contributed by atoms with Gasteiger partial charge in [0.25, 0.3) is 0 Å². The molecule has 27 heavy (non-hydrogen) atoms. The molecule has 4 rings (SSSR count). The molecule has 1 aliphatic rings. The molecule has 0 spiro atoms. The third-order valence-corrected chi connectivity index (χ3v) is 4.69. The molecule has 6 heteroatoms. The van der Waals surface area contributed by atoms with Crippen LogP contribution in [0.1, 0.15) is 0 Å². The van der Waals surface area contributed by atoms with Crippen LogP contribution >= 0.6 is 0 Å². The summed E-state index contributed by atoms with van der Waals surface area (Å²) in [6, 6.07) is 16.6. The highest BCUT2D eigenvalue weighted by Crippen LogP contribution is 2.29. The predicted octanol–water partition coefficient (Wildman–Crippen LogP) is 2.71. The number of carbonyl (C=O) groups excluding carboxylic acids is 1. The number of nitrogens with one attached hydrogen (secondary N) is 2. The van der Waals surface area contributed by atoms with Crippen LogP contribution in [0.5, 0.6) is 0 Å². The number of carbonyl (C=O) groups is 1. The molecule has 0 saturated carbocycles. The van der Waals surface area contributed by atoms with Crippen LogP contribution in [-0.4, -0.2) is 40.4 Å². The van der Waals surface area contributed by atoms with Crippen LogP contribution in [-0.2, 0) is 6.54 Å². The lowest BCUT2D eigenvalue weighted by Gasteiger charge is -2.20. The van der Waals surface area contributed by atoms with Crippen LogP contribution in [0.3, 0.4) is 0 Å². The van der Waals surface area contributed by atoms with Crippen molar-refractivity contribution in [1.82, 2.24) is 20.1 Å². The van der Waals surface area contributed by atoms with Crippen molar-refractivity contribution in [3.8, 4) is 11.1 Å². The van der Waals surface area contributed by atoms with Gasteiger partial charge in [-0.3, -0.25) is 4.90 Å². The number of benzene rings is 2. The second-order valence-electron chi connectivity index (χ2n) is 6.48. The molecular weight excluding hydrogens is 340 g/mol. The number of urea groups is 1. The van der Waals surface area contributed by atoms with E-state index in [4.69, 9.17) is 5.11 Å². The molecule has 138 valence electrons. The van der Waals surface area contributed by atoms with E-state index in [1.54, 1.807) is 4.90 Å². The zero-order valence-electron chi connectivity index (χ0n) is 14.9. The molecule has 1 aromatic heterocycles. The maximum atomic E-state index is 12.2. The molecule has 1 aliphatic heterocycles. The van der Waals surface area contributed by atoms with E-state index in [1.807, 2.05) is 18.5 Å². The summed E-state index contributed by atoms with van der Waals surface area (Å²) in [6.45, 7) is 1.20. The van der Waals surface area contributed by atoms with Gasteiger partial charge in [-0.1, -0.05) is 42.5 Å². The number of aliphatic hydroxyl groups is 1. The van der Waals surface area contributed by atoms with Crippen molar-refractivity contribution in [1.29, 1.82) is 0 Å². The fraction of sp³-hybridized carbons (Fsp3) is 0.190. The van der Waals surface area contributed by atoms with E-state index in [9.17, 15) is 4.79 Å². The Morgan fingerprint density at radius 3 is 2.89 bits per heavy atom. The van der Waals surface area contributed by atoms with Gasteiger partial charge in [0, 0.05) is 25.1 Å². The van der Waals surface area contributed by atoms with Gasteiger partial charge in [-0.15, -0.1) is 0 Å². The second kappa shape index (κ2) is 7.55. The number of amides is 2. The fourth-order valence-electron chi connectivity index (χ4n) is 3.39. The molecule has 0 radical (unpaired) electrons. The SMILES string of the molecule is O=C(NCCO)N1CNC=C1Cn1ccc(-c2cccc3ccccc23)c1. The van der Waals surface area contributed by atoms with Gasteiger partial charge in [0.05, 0.1) is 25.5 Å². The minimum Gasteiger partial charge on any atom is -0.395 e. The van der Waals surface area contributed by atoms with Crippen molar-refractivity contribution in [2.45, 2.75) is 6.54 Å². The normalized spacial score (nSPS) is 13.5. The summed E-state index contributed by atoms with van der Waals surface area (Å²) in [7, 11) is 0. The van der Waals surface area contributed by atoms with Crippen molar-refractivity contribution < 1.29 is 9.90 Å². The van der Waals surface area contributed by atoms with E-state index in [1.165, 1.54) is 16.3 Å². The number of aromatic nitrogens is 1. The van der Waals surface area contributed by atoms with Crippen LogP contribution in [0.2, 0.25) is 0 Å². The smallest absolute Gasteiger partial charge is 0.323 e. The largest absolute Gasteiger partial charge is 0.395 e. The summed E-state index contributed by atoms with van der Waals surface area (Å²) in [5.41, 5.74) is 3.23. The summed E-state index contributed by atoms with van der Waals surface area (Å²) < 4.78 is 2.07. The predicted molar refractivity (Wildman–Crippen MR) is 106 cm³/mol. The maximum Gasteiger partial charge on any atom is 0.323 e. The Kier molecular flexibility index (Phi) is 4.80. The van der Waals surface area contributed by atoms with E-state index in [-0.39, 0.29) is 19.2 Å². The Morgan fingerprint density at radius 1 is 1.15 bits per heavy atom. The summed E-state index contributed by atoms with van der Waals surface area (Å²) in [5, 5.41) is 17.1. The Morgan fingerprint density at radius 2 is 2.00 bits per heavy atom. The molecule has 0 aliphatic carbocycles. The minimum absolute atomic E-state index is 0.0714. The quantitative estimate of drug-likeness (QED) is 0.654. The number of rotatable bonds is 5. The minimum atomic E-state index is -0.207. The molecule has 0 bridgehead atoms. The van der Waals surface area contributed by atoms with Gasteiger partial charge >= 0.3 is 6.03 Å². The number of hydrogen-bond acceptors (Lipinski definition) is 3. The Bertz CT molecular complexity index is 987. The van der Waals surface area contributed by atoms with Crippen LogP contribution < -0.4 is 10.6 Å². The molecule has 6 nitrogen and oxygen atoms in total. The highest BCUT2D eigenvalue weighted by Gasteiger charge is 2.21. The van der Waals surface area contributed by atoms with Gasteiger partial charge in [0.15, 0.2) is 0 Å². The van der Waals surface area contributed by atoms with Gasteiger partial charge in [-0.05, 0) is 28.0 Å². The van der Waals surface area contributed by atoms with Gasteiger partial charge in [-0.25, -0.2) is 4.79 Å². The van der Waals surface area contributed by atoms with Crippen molar-refractivity contribution in [3.63, 3.8) is 0 Å². The summed E-state index contributed by atoms with van der Waals surface area (Å²) in [4.78, 5) is 13.8. The van der Waals surface area contributed by atoms with Gasteiger partial charge in [-0.2, -0.15) is 0 Å². The zero-order chi connectivity index (χ0) is 18.6. The molecule has 2 heterocycles. The number of hydrogen-bond donors (Lipinski definition) is 3. The fourth-order valence-corrected chi connectivity index (χ4v) is 3.39. The first-order valence-electron chi connectivity index (χ1n) is 8.99. The lowest BCUT2D eigenvalue weighted by Crippen LogP contribution is -2.41.